The van der Waals surface area contributed by atoms with E-state index in [0.29, 0.717) is 12.5 Å². The Labute approximate surface area is 118 Å². The van der Waals surface area contributed by atoms with Gasteiger partial charge in [0.15, 0.2) is 0 Å². The first-order valence-electron chi connectivity index (χ1n) is 7.03. The lowest BCUT2D eigenvalue weighted by Crippen LogP contribution is -2.24. The second kappa shape index (κ2) is 5.49. The average Bonchev–Trinajstić information content (AvgIpc) is 2.98. The third-order valence-corrected chi connectivity index (χ3v) is 3.86. The van der Waals surface area contributed by atoms with Gasteiger partial charge in [0.05, 0.1) is 6.33 Å². The van der Waals surface area contributed by atoms with Gasteiger partial charge in [-0.05, 0) is 23.5 Å². The topological polar surface area (TPSA) is 46.9 Å². The van der Waals surface area contributed by atoms with Crippen LogP contribution >= 0.6 is 0 Å². The minimum Gasteiger partial charge on any atom is -0.352 e. The predicted molar refractivity (Wildman–Crippen MR) is 76.9 cm³/mol. The Morgan fingerprint density at radius 1 is 1.35 bits per heavy atom. The third kappa shape index (κ3) is 3.07. The molecule has 20 heavy (non-hydrogen) atoms. The number of carbonyl (C=O) groups excluding carboxylic acids is 1. The van der Waals surface area contributed by atoms with Crippen molar-refractivity contribution >= 4 is 5.91 Å². The number of hydrogen-bond donors (Lipinski definition) is 1. The lowest BCUT2D eigenvalue weighted by atomic mass is 10.1. The Balaban J connectivity index is 1.52. The van der Waals surface area contributed by atoms with E-state index in [1.807, 2.05) is 17.1 Å². The fourth-order valence-corrected chi connectivity index (χ4v) is 2.36. The van der Waals surface area contributed by atoms with Crippen LogP contribution in [0.4, 0.5) is 0 Å². The summed E-state index contributed by atoms with van der Waals surface area (Å²) >= 11 is 0. The van der Waals surface area contributed by atoms with Gasteiger partial charge in [-0.25, -0.2) is 4.98 Å². The second-order valence-electron chi connectivity index (χ2n) is 5.59. The summed E-state index contributed by atoms with van der Waals surface area (Å²) in [7, 11) is 0. The Kier molecular flexibility index (Phi) is 3.54. The Hall–Kier alpha value is -2.10. The maximum absolute atomic E-state index is 11.7. The van der Waals surface area contributed by atoms with Crippen molar-refractivity contribution in [2.24, 2.45) is 11.8 Å². The monoisotopic (exact) mass is 269 g/mol. The maximum Gasteiger partial charge on any atom is 0.223 e. The van der Waals surface area contributed by atoms with Gasteiger partial charge in [0.2, 0.25) is 5.91 Å². The van der Waals surface area contributed by atoms with E-state index in [1.165, 1.54) is 5.56 Å². The quantitative estimate of drug-likeness (QED) is 0.904. The molecule has 2 aromatic rings. The number of rotatable bonds is 5. The SMILES string of the molecule is C[C@@H]1C[C@@H]1C(=O)NCc1ccc(Cn2ccnc2)cc1. The van der Waals surface area contributed by atoms with Gasteiger partial charge in [-0.2, -0.15) is 0 Å². The maximum atomic E-state index is 11.7. The molecule has 0 saturated heterocycles. The smallest absolute Gasteiger partial charge is 0.223 e. The van der Waals surface area contributed by atoms with E-state index in [2.05, 4.69) is 41.5 Å². The molecular weight excluding hydrogens is 250 g/mol. The summed E-state index contributed by atoms with van der Waals surface area (Å²) in [5, 5.41) is 3.00. The van der Waals surface area contributed by atoms with Crippen molar-refractivity contribution in [3.05, 3.63) is 54.1 Å². The highest BCUT2D eigenvalue weighted by Gasteiger charge is 2.38. The summed E-state index contributed by atoms with van der Waals surface area (Å²) in [6.07, 6.45) is 6.58. The number of aromatic nitrogens is 2. The van der Waals surface area contributed by atoms with Gasteiger partial charge in [-0.15, -0.1) is 0 Å². The molecule has 0 aliphatic heterocycles. The normalized spacial score (nSPS) is 20.6. The molecule has 1 N–H and O–H groups in total. The Bertz CT molecular complexity index is 574. The van der Waals surface area contributed by atoms with Crippen LogP contribution in [0.25, 0.3) is 0 Å². The number of nitrogens with zero attached hydrogens (tertiary/aromatic N) is 2. The van der Waals surface area contributed by atoms with Gasteiger partial charge in [0, 0.05) is 31.4 Å². The van der Waals surface area contributed by atoms with Crippen LogP contribution in [-0.4, -0.2) is 15.5 Å². The molecule has 3 rings (SSSR count). The first-order chi connectivity index (χ1) is 9.72. The van der Waals surface area contributed by atoms with Crippen LogP contribution in [-0.2, 0) is 17.9 Å². The summed E-state index contributed by atoms with van der Waals surface area (Å²) in [5.41, 5.74) is 2.37. The number of nitrogens with one attached hydrogen (secondary N) is 1. The van der Waals surface area contributed by atoms with Crippen LogP contribution < -0.4 is 5.32 Å². The Morgan fingerprint density at radius 2 is 2.05 bits per heavy atom. The summed E-state index contributed by atoms with van der Waals surface area (Å²) in [6.45, 7) is 3.56. The number of imidazole rings is 1. The second-order valence-corrected chi connectivity index (χ2v) is 5.59. The zero-order valence-corrected chi connectivity index (χ0v) is 11.6. The molecule has 1 saturated carbocycles. The molecule has 1 amide bonds. The molecule has 4 heteroatoms. The van der Waals surface area contributed by atoms with Crippen LogP contribution in [0.3, 0.4) is 0 Å². The highest BCUT2D eigenvalue weighted by Crippen LogP contribution is 2.37. The summed E-state index contributed by atoms with van der Waals surface area (Å²) < 4.78 is 2.03. The zero-order chi connectivity index (χ0) is 13.9. The largest absolute Gasteiger partial charge is 0.352 e. The molecular formula is C16H19N3O. The number of carbonyl (C=O) groups is 1. The molecule has 1 fully saturated rings. The first kappa shape index (κ1) is 12.9. The van der Waals surface area contributed by atoms with E-state index in [0.717, 1.165) is 18.5 Å². The number of amides is 1. The highest BCUT2D eigenvalue weighted by atomic mass is 16.2. The summed E-state index contributed by atoms with van der Waals surface area (Å²) in [4.78, 5) is 15.8. The van der Waals surface area contributed by atoms with Gasteiger partial charge < -0.3 is 9.88 Å². The summed E-state index contributed by atoms with van der Waals surface area (Å²) in [5.74, 6) is 1.00. The number of hydrogen-bond acceptors (Lipinski definition) is 2. The third-order valence-electron chi connectivity index (χ3n) is 3.86. The highest BCUT2D eigenvalue weighted by molar-refractivity contribution is 5.81. The van der Waals surface area contributed by atoms with Crippen LogP contribution in [0.15, 0.2) is 43.0 Å². The standard InChI is InChI=1S/C16H19N3O/c1-12-8-15(12)16(20)18-9-13-2-4-14(5-3-13)10-19-7-6-17-11-19/h2-7,11-12,15H,8-10H2,1H3,(H,18,20)/t12-,15+/m1/s1. The van der Waals surface area contributed by atoms with Gasteiger partial charge in [-0.1, -0.05) is 31.2 Å². The van der Waals surface area contributed by atoms with Crippen LogP contribution in [0.5, 0.6) is 0 Å². The molecule has 0 spiro atoms. The van der Waals surface area contributed by atoms with Gasteiger partial charge >= 0.3 is 0 Å². The van der Waals surface area contributed by atoms with Crippen molar-refractivity contribution in [1.82, 2.24) is 14.9 Å². The van der Waals surface area contributed by atoms with E-state index >= 15 is 0 Å². The molecule has 1 aliphatic carbocycles. The van der Waals surface area contributed by atoms with Gasteiger partial charge in [0.25, 0.3) is 0 Å². The fraction of sp³-hybridized carbons (Fsp3) is 0.375. The minimum atomic E-state index is 0.194. The van der Waals surface area contributed by atoms with E-state index < -0.39 is 0 Å². The van der Waals surface area contributed by atoms with Crippen molar-refractivity contribution in [2.45, 2.75) is 26.4 Å². The lowest BCUT2D eigenvalue weighted by molar-refractivity contribution is -0.122. The van der Waals surface area contributed by atoms with Crippen molar-refractivity contribution in [2.75, 3.05) is 0 Å². The molecule has 0 unspecified atom stereocenters. The fourth-order valence-electron chi connectivity index (χ4n) is 2.36. The zero-order valence-electron chi connectivity index (χ0n) is 11.6. The predicted octanol–water partition coefficient (Wildman–Crippen LogP) is 2.20. The van der Waals surface area contributed by atoms with Crippen LogP contribution in [0.2, 0.25) is 0 Å². The number of benzene rings is 1. The molecule has 4 nitrogen and oxygen atoms in total. The molecule has 0 bridgehead atoms. The molecule has 104 valence electrons. The van der Waals surface area contributed by atoms with Crippen LogP contribution in [0, 0.1) is 11.8 Å². The Morgan fingerprint density at radius 3 is 2.65 bits per heavy atom. The van der Waals surface area contributed by atoms with Crippen molar-refractivity contribution < 1.29 is 4.79 Å². The molecule has 1 aliphatic rings. The molecule has 0 radical (unpaired) electrons. The first-order valence-corrected chi connectivity index (χ1v) is 7.03. The van der Waals surface area contributed by atoms with E-state index in [9.17, 15) is 4.79 Å². The lowest BCUT2D eigenvalue weighted by Gasteiger charge is -2.07. The van der Waals surface area contributed by atoms with Crippen LogP contribution in [0.1, 0.15) is 24.5 Å². The van der Waals surface area contributed by atoms with Gasteiger partial charge in [-0.3, -0.25) is 4.79 Å². The van der Waals surface area contributed by atoms with E-state index in [-0.39, 0.29) is 11.8 Å². The van der Waals surface area contributed by atoms with Crippen molar-refractivity contribution in [3.63, 3.8) is 0 Å². The molecule has 1 heterocycles. The van der Waals surface area contributed by atoms with Gasteiger partial charge in [0.1, 0.15) is 0 Å². The van der Waals surface area contributed by atoms with E-state index in [4.69, 9.17) is 0 Å². The molecule has 1 aromatic carbocycles. The van der Waals surface area contributed by atoms with Crippen molar-refractivity contribution in [1.29, 1.82) is 0 Å². The molecule has 2 atom stereocenters. The average molecular weight is 269 g/mol. The van der Waals surface area contributed by atoms with Crippen molar-refractivity contribution in [3.8, 4) is 0 Å². The summed E-state index contributed by atoms with van der Waals surface area (Å²) in [6, 6.07) is 8.34. The minimum absolute atomic E-state index is 0.194. The van der Waals surface area contributed by atoms with E-state index in [1.54, 1.807) is 6.20 Å². The molecule has 1 aromatic heterocycles.